The average Bonchev–Trinajstić information content (AvgIpc) is 2.65. The molecule has 0 aromatic heterocycles. The van der Waals surface area contributed by atoms with E-state index in [1.807, 2.05) is 0 Å². The minimum absolute atomic E-state index is 0.325. The van der Waals surface area contributed by atoms with Crippen molar-refractivity contribution in [1.82, 2.24) is 0 Å². The van der Waals surface area contributed by atoms with Crippen LogP contribution in [-0.4, -0.2) is 34.3 Å². The highest BCUT2D eigenvalue weighted by Gasteiger charge is 2.11. The van der Waals surface area contributed by atoms with E-state index < -0.39 is 0 Å². The van der Waals surface area contributed by atoms with Gasteiger partial charge in [0.1, 0.15) is 23.0 Å². The Bertz CT molecular complexity index is 793. The lowest BCUT2D eigenvalue weighted by Crippen LogP contribution is -2.08. The van der Waals surface area contributed by atoms with Crippen LogP contribution >= 0.6 is 0 Å². The van der Waals surface area contributed by atoms with E-state index in [2.05, 4.69) is 5.32 Å². The third kappa shape index (κ3) is 4.38. The molecule has 0 unspecified atom stereocenters. The molecular formula is C19H22N2O5. The summed E-state index contributed by atoms with van der Waals surface area (Å²) < 4.78 is 21.0. The van der Waals surface area contributed by atoms with Gasteiger partial charge < -0.3 is 30.0 Å². The van der Waals surface area contributed by atoms with Crippen LogP contribution in [0.5, 0.6) is 23.0 Å². The van der Waals surface area contributed by atoms with Crippen LogP contribution in [0.2, 0.25) is 0 Å². The molecule has 2 aromatic carbocycles. The molecule has 7 heteroatoms. The van der Waals surface area contributed by atoms with E-state index in [0.717, 1.165) is 0 Å². The summed E-state index contributed by atoms with van der Waals surface area (Å²) in [4.78, 5) is 12.2. The van der Waals surface area contributed by atoms with Gasteiger partial charge >= 0.3 is 0 Å². The number of benzene rings is 2. The molecule has 0 aliphatic heterocycles. The molecule has 2 rings (SSSR count). The third-order valence-electron chi connectivity index (χ3n) is 3.65. The maximum absolute atomic E-state index is 12.2. The van der Waals surface area contributed by atoms with Crippen molar-refractivity contribution >= 4 is 23.4 Å². The van der Waals surface area contributed by atoms with Crippen molar-refractivity contribution in [2.45, 2.75) is 0 Å². The van der Waals surface area contributed by atoms with Crippen molar-refractivity contribution in [3.05, 3.63) is 42.0 Å². The predicted molar refractivity (Wildman–Crippen MR) is 101 cm³/mol. The maximum atomic E-state index is 12.2. The van der Waals surface area contributed by atoms with E-state index >= 15 is 0 Å². The van der Waals surface area contributed by atoms with E-state index in [1.165, 1.54) is 27.4 Å². The number of ether oxygens (including phenoxy) is 4. The van der Waals surface area contributed by atoms with E-state index in [9.17, 15) is 4.79 Å². The van der Waals surface area contributed by atoms with Crippen LogP contribution in [0.3, 0.4) is 0 Å². The summed E-state index contributed by atoms with van der Waals surface area (Å²) in [7, 11) is 6.15. The van der Waals surface area contributed by atoms with Gasteiger partial charge in [-0.05, 0) is 24.3 Å². The molecule has 0 bridgehead atoms. The number of rotatable bonds is 7. The van der Waals surface area contributed by atoms with Gasteiger partial charge in [0.25, 0.3) is 0 Å². The molecule has 0 saturated heterocycles. The lowest BCUT2D eigenvalue weighted by molar-refractivity contribution is -0.111. The first kappa shape index (κ1) is 19.0. The molecule has 0 spiro atoms. The number of hydrogen-bond donors (Lipinski definition) is 2. The van der Waals surface area contributed by atoms with Crippen molar-refractivity contribution in [3.8, 4) is 23.0 Å². The Kier molecular flexibility index (Phi) is 6.32. The molecule has 26 heavy (non-hydrogen) atoms. The average molecular weight is 358 g/mol. The van der Waals surface area contributed by atoms with Crippen LogP contribution in [-0.2, 0) is 4.79 Å². The first-order valence-electron chi connectivity index (χ1n) is 7.75. The van der Waals surface area contributed by atoms with Crippen molar-refractivity contribution in [2.75, 3.05) is 39.5 Å². The van der Waals surface area contributed by atoms with Gasteiger partial charge in [0.2, 0.25) is 5.91 Å². The van der Waals surface area contributed by atoms with Gasteiger partial charge in [0.05, 0.1) is 39.7 Å². The highest BCUT2D eigenvalue weighted by molar-refractivity contribution is 6.02. The molecule has 3 N–H and O–H groups in total. The first-order valence-corrected chi connectivity index (χ1v) is 7.75. The Morgan fingerprint density at radius 3 is 2.04 bits per heavy atom. The molecule has 0 radical (unpaired) electrons. The minimum atomic E-state index is -0.325. The van der Waals surface area contributed by atoms with E-state index in [-0.39, 0.29) is 5.91 Å². The Labute approximate surface area is 152 Å². The summed E-state index contributed by atoms with van der Waals surface area (Å²) in [6.07, 6.45) is 2.99. The number of methoxy groups -OCH3 is 4. The monoisotopic (exact) mass is 358 g/mol. The SMILES string of the molecule is COc1cc(OC)c(C=CC(=O)Nc2ccc(OC)c(N)c2)c(OC)c1. The van der Waals surface area contributed by atoms with Crippen LogP contribution in [0.15, 0.2) is 36.4 Å². The molecule has 0 aliphatic carbocycles. The Balaban J connectivity index is 2.21. The zero-order valence-corrected chi connectivity index (χ0v) is 15.2. The van der Waals surface area contributed by atoms with Gasteiger partial charge in [0.15, 0.2) is 0 Å². The third-order valence-corrected chi connectivity index (χ3v) is 3.65. The number of amides is 1. The van der Waals surface area contributed by atoms with Gasteiger partial charge in [-0.15, -0.1) is 0 Å². The molecule has 0 fully saturated rings. The molecule has 0 heterocycles. The van der Waals surface area contributed by atoms with Crippen LogP contribution in [0.1, 0.15) is 5.56 Å². The summed E-state index contributed by atoms with van der Waals surface area (Å²) in [5, 5.41) is 2.73. The van der Waals surface area contributed by atoms with Crippen LogP contribution in [0, 0.1) is 0 Å². The lowest BCUT2D eigenvalue weighted by atomic mass is 10.1. The van der Waals surface area contributed by atoms with Crippen molar-refractivity contribution < 1.29 is 23.7 Å². The van der Waals surface area contributed by atoms with Gasteiger partial charge in [-0.1, -0.05) is 0 Å². The van der Waals surface area contributed by atoms with Crippen molar-refractivity contribution in [3.63, 3.8) is 0 Å². The fourth-order valence-electron chi connectivity index (χ4n) is 2.35. The highest BCUT2D eigenvalue weighted by Crippen LogP contribution is 2.35. The standard InChI is InChI=1S/C19H22N2O5/c1-23-13-10-17(25-3)14(18(11-13)26-4)6-8-19(22)21-12-5-7-16(24-2)15(20)9-12/h5-11H,20H2,1-4H3,(H,21,22). The summed E-state index contributed by atoms with van der Waals surface area (Å²) in [6.45, 7) is 0. The minimum Gasteiger partial charge on any atom is -0.496 e. The molecule has 0 saturated carbocycles. The van der Waals surface area contributed by atoms with E-state index in [4.69, 9.17) is 24.7 Å². The summed E-state index contributed by atoms with van der Waals surface area (Å²) in [5.41, 5.74) is 7.46. The second kappa shape index (κ2) is 8.66. The quantitative estimate of drug-likeness (QED) is 0.584. The van der Waals surface area contributed by atoms with E-state index in [0.29, 0.717) is 39.9 Å². The number of anilines is 2. The zero-order chi connectivity index (χ0) is 19.1. The second-order valence-corrected chi connectivity index (χ2v) is 5.22. The normalized spacial score (nSPS) is 10.5. The molecule has 2 aromatic rings. The van der Waals surface area contributed by atoms with Crippen LogP contribution in [0.4, 0.5) is 11.4 Å². The molecule has 0 atom stereocenters. The van der Waals surface area contributed by atoms with Gasteiger partial charge in [-0.3, -0.25) is 4.79 Å². The number of hydrogen-bond acceptors (Lipinski definition) is 6. The summed E-state index contributed by atoms with van der Waals surface area (Å²) >= 11 is 0. The largest absolute Gasteiger partial charge is 0.496 e. The molecular weight excluding hydrogens is 336 g/mol. The number of carbonyl (C=O) groups excluding carboxylic acids is 1. The van der Waals surface area contributed by atoms with Gasteiger partial charge in [0, 0.05) is 23.9 Å². The summed E-state index contributed by atoms with van der Waals surface area (Å²) in [6, 6.07) is 8.44. The van der Waals surface area contributed by atoms with Crippen LogP contribution < -0.4 is 30.0 Å². The highest BCUT2D eigenvalue weighted by atomic mass is 16.5. The Morgan fingerprint density at radius 1 is 0.923 bits per heavy atom. The molecule has 7 nitrogen and oxygen atoms in total. The number of nitrogens with two attached hydrogens (primary N) is 1. The first-order chi connectivity index (χ1) is 12.5. The maximum Gasteiger partial charge on any atom is 0.248 e. The fraction of sp³-hybridized carbons (Fsp3) is 0.211. The topological polar surface area (TPSA) is 92.0 Å². The Hall–Kier alpha value is -3.35. The fourth-order valence-corrected chi connectivity index (χ4v) is 2.35. The molecule has 0 aliphatic rings. The molecule has 138 valence electrons. The van der Waals surface area contributed by atoms with Gasteiger partial charge in [-0.2, -0.15) is 0 Å². The smallest absolute Gasteiger partial charge is 0.248 e. The zero-order valence-electron chi connectivity index (χ0n) is 15.2. The second-order valence-electron chi connectivity index (χ2n) is 5.22. The Morgan fingerprint density at radius 2 is 1.54 bits per heavy atom. The van der Waals surface area contributed by atoms with Crippen molar-refractivity contribution in [1.29, 1.82) is 0 Å². The number of nitrogens with one attached hydrogen (secondary N) is 1. The van der Waals surface area contributed by atoms with E-state index in [1.54, 1.807) is 43.5 Å². The van der Waals surface area contributed by atoms with Crippen molar-refractivity contribution in [2.24, 2.45) is 0 Å². The molecule has 1 amide bonds. The lowest BCUT2D eigenvalue weighted by Gasteiger charge is -2.12. The van der Waals surface area contributed by atoms with Crippen LogP contribution in [0.25, 0.3) is 6.08 Å². The number of nitrogen functional groups attached to an aromatic ring is 1. The number of carbonyl (C=O) groups is 1. The predicted octanol–water partition coefficient (Wildman–Crippen LogP) is 2.96. The summed E-state index contributed by atoms with van der Waals surface area (Å²) in [5.74, 6) is 1.87. The van der Waals surface area contributed by atoms with Gasteiger partial charge in [-0.25, -0.2) is 0 Å².